The minimum Gasteiger partial charge on any atom is -0.453 e. The first-order valence-electron chi connectivity index (χ1n) is 4.91. The molecule has 1 amide bonds. The summed E-state index contributed by atoms with van der Waals surface area (Å²) in [5.74, 6) is 0. The predicted octanol–water partition coefficient (Wildman–Crippen LogP) is 2.10. The maximum Gasteiger partial charge on any atom is 0.409 e. The summed E-state index contributed by atoms with van der Waals surface area (Å²) in [4.78, 5) is 13.2. The third-order valence-corrected chi connectivity index (χ3v) is 3.00. The van der Waals surface area contributed by atoms with Crippen molar-refractivity contribution in [2.24, 2.45) is 0 Å². The molecule has 1 rings (SSSR count). The maximum absolute atomic E-state index is 11.4. The van der Waals surface area contributed by atoms with E-state index in [9.17, 15) is 4.79 Å². The third kappa shape index (κ3) is 3.80. The first-order valence-corrected chi connectivity index (χ1v) is 8.61. The molecule has 0 atom stereocenters. The van der Waals surface area contributed by atoms with Gasteiger partial charge in [-0.3, -0.25) is 0 Å². The summed E-state index contributed by atoms with van der Waals surface area (Å²) in [6.45, 7) is 8.36. The number of rotatable bonds is 2. The number of hydrogen-bond donors (Lipinski definition) is 0. The van der Waals surface area contributed by atoms with Gasteiger partial charge < -0.3 is 9.64 Å². The average Bonchev–Trinajstić information content (AvgIpc) is 2.50. The van der Waals surface area contributed by atoms with Gasteiger partial charge in [-0.2, -0.15) is 0 Å². The summed E-state index contributed by atoms with van der Waals surface area (Å²) in [7, 11) is -1.24. The first kappa shape index (κ1) is 10.6. The molecular formula is C9H19NO2Si. The Kier molecular flexibility index (Phi) is 3.36. The number of amides is 1. The number of likely N-dealkylation sites (tertiary alicyclic amines) is 1. The van der Waals surface area contributed by atoms with Crippen LogP contribution in [0.15, 0.2) is 0 Å². The lowest BCUT2D eigenvalue weighted by Crippen LogP contribution is -2.35. The first-order chi connectivity index (χ1) is 5.99. The van der Waals surface area contributed by atoms with Gasteiger partial charge in [0.25, 0.3) is 0 Å². The summed E-state index contributed by atoms with van der Waals surface area (Å²) in [6, 6.07) is 0. The van der Waals surface area contributed by atoms with Crippen molar-refractivity contribution in [3.8, 4) is 0 Å². The van der Waals surface area contributed by atoms with Crippen LogP contribution < -0.4 is 0 Å². The van der Waals surface area contributed by atoms with Crippen LogP contribution in [-0.2, 0) is 4.74 Å². The van der Waals surface area contributed by atoms with Crippen molar-refractivity contribution in [2.45, 2.75) is 32.5 Å². The summed E-state index contributed by atoms with van der Waals surface area (Å²) < 4.78 is 5.24. The SMILES string of the molecule is C[Si](C)(C)COC(=O)N1CCCC1. The van der Waals surface area contributed by atoms with Gasteiger partial charge in [0, 0.05) is 13.1 Å². The highest BCUT2D eigenvalue weighted by molar-refractivity contribution is 6.76. The molecule has 4 heteroatoms. The lowest BCUT2D eigenvalue weighted by molar-refractivity contribution is 0.125. The second-order valence-electron chi connectivity index (χ2n) is 4.81. The van der Waals surface area contributed by atoms with Crippen LogP contribution in [0.25, 0.3) is 0 Å². The predicted molar refractivity (Wildman–Crippen MR) is 55.5 cm³/mol. The van der Waals surface area contributed by atoms with Gasteiger partial charge in [0.15, 0.2) is 0 Å². The molecule has 1 aliphatic rings. The van der Waals surface area contributed by atoms with Gasteiger partial charge in [0.2, 0.25) is 0 Å². The Morgan fingerprint density at radius 2 is 1.85 bits per heavy atom. The van der Waals surface area contributed by atoms with E-state index >= 15 is 0 Å². The highest BCUT2D eigenvalue weighted by atomic mass is 28.3. The molecule has 0 aliphatic carbocycles. The molecule has 3 nitrogen and oxygen atoms in total. The van der Waals surface area contributed by atoms with Crippen molar-refractivity contribution in [3.05, 3.63) is 0 Å². The fourth-order valence-electron chi connectivity index (χ4n) is 1.27. The van der Waals surface area contributed by atoms with E-state index in [1.54, 1.807) is 4.90 Å². The standard InChI is InChI=1S/C9H19NO2Si/c1-13(2,3)8-12-9(11)10-6-4-5-7-10/h4-8H2,1-3H3. The lowest BCUT2D eigenvalue weighted by atomic mass is 10.4. The molecular weight excluding hydrogens is 182 g/mol. The lowest BCUT2D eigenvalue weighted by Gasteiger charge is -2.19. The number of carbonyl (C=O) groups is 1. The molecule has 0 aromatic carbocycles. The number of carbonyl (C=O) groups excluding carboxylic acids is 1. The number of nitrogens with zero attached hydrogens (tertiary/aromatic N) is 1. The molecule has 0 unspecified atom stereocenters. The molecule has 0 aromatic rings. The van der Waals surface area contributed by atoms with Crippen molar-refractivity contribution >= 4 is 14.2 Å². The van der Waals surface area contributed by atoms with Gasteiger partial charge in [0.1, 0.15) is 0 Å². The van der Waals surface area contributed by atoms with Crippen LogP contribution in [-0.4, -0.2) is 38.4 Å². The zero-order valence-corrected chi connectivity index (χ0v) is 9.80. The molecule has 0 radical (unpaired) electrons. The second kappa shape index (κ2) is 4.13. The van der Waals surface area contributed by atoms with Crippen LogP contribution in [0.5, 0.6) is 0 Å². The zero-order valence-electron chi connectivity index (χ0n) is 8.80. The van der Waals surface area contributed by atoms with Crippen molar-refractivity contribution < 1.29 is 9.53 Å². The van der Waals surface area contributed by atoms with E-state index in [1.165, 1.54) is 0 Å². The molecule has 1 aliphatic heterocycles. The van der Waals surface area contributed by atoms with E-state index in [2.05, 4.69) is 19.6 Å². The average molecular weight is 201 g/mol. The molecule has 0 bridgehead atoms. The number of ether oxygens (including phenoxy) is 1. The van der Waals surface area contributed by atoms with E-state index in [4.69, 9.17) is 4.74 Å². The van der Waals surface area contributed by atoms with Gasteiger partial charge in [-0.25, -0.2) is 4.79 Å². The number of hydrogen-bond acceptors (Lipinski definition) is 2. The topological polar surface area (TPSA) is 29.5 Å². The fraction of sp³-hybridized carbons (Fsp3) is 0.889. The Hall–Kier alpha value is -0.513. The fourth-order valence-corrected chi connectivity index (χ4v) is 1.83. The monoisotopic (exact) mass is 201 g/mol. The molecule has 0 N–H and O–H groups in total. The molecule has 13 heavy (non-hydrogen) atoms. The van der Waals surface area contributed by atoms with Gasteiger partial charge in [-0.1, -0.05) is 19.6 Å². The molecule has 1 saturated heterocycles. The Morgan fingerprint density at radius 1 is 1.31 bits per heavy atom. The summed E-state index contributed by atoms with van der Waals surface area (Å²) in [6.07, 6.45) is 2.78. The quantitative estimate of drug-likeness (QED) is 0.640. The van der Waals surface area contributed by atoms with E-state index in [0.29, 0.717) is 6.23 Å². The Morgan fingerprint density at radius 3 is 2.31 bits per heavy atom. The van der Waals surface area contributed by atoms with Crippen LogP contribution in [0.4, 0.5) is 4.79 Å². The highest BCUT2D eigenvalue weighted by Gasteiger charge is 2.22. The van der Waals surface area contributed by atoms with Crippen LogP contribution in [0.1, 0.15) is 12.8 Å². The van der Waals surface area contributed by atoms with Crippen molar-refractivity contribution in [1.29, 1.82) is 0 Å². The summed E-state index contributed by atoms with van der Waals surface area (Å²) in [5.41, 5.74) is 0. The smallest absolute Gasteiger partial charge is 0.409 e. The molecule has 0 aromatic heterocycles. The van der Waals surface area contributed by atoms with E-state index < -0.39 is 8.07 Å². The highest BCUT2D eigenvalue weighted by Crippen LogP contribution is 2.10. The normalized spacial score (nSPS) is 17.6. The van der Waals surface area contributed by atoms with Gasteiger partial charge >= 0.3 is 6.09 Å². The van der Waals surface area contributed by atoms with Crippen LogP contribution in [0, 0.1) is 0 Å². The molecule has 76 valence electrons. The maximum atomic E-state index is 11.4. The van der Waals surface area contributed by atoms with Crippen molar-refractivity contribution in [1.82, 2.24) is 4.90 Å². The van der Waals surface area contributed by atoms with Crippen LogP contribution in [0.3, 0.4) is 0 Å². The largest absolute Gasteiger partial charge is 0.453 e. The molecule has 1 heterocycles. The van der Waals surface area contributed by atoms with Crippen LogP contribution in [0.2, 0.25) is 19.6 Å². The minimum absolute atomic E-state index is 0.111. The Balaban J connectivity index is 2.25. The summed E-state index contributed by atoms with van der Waals surface area (Å²) >= 11 is 0. The van der Waals surface area contributed by atoms with E-state index in [-0.39, 0.29) is 6.09 Å². The van der Waals surface area contributed by atoms with E-state index in [0.717, 1.165) is 25.9 Å². The van der Waals surface area contributed by atoms with Gasteiger partial charge in [-0.15, -0.1) is 0 Å². The van der Waals surface area contributed by atoms with Crippen molar-refractivity contribution in [2.75, 3.05) is 19.3 Å². The minimum atomic E-state index is -1.24. The third-order valence-electron chi connectivity index (χ3n) is 1.99. The van der Waals surface area contributed by atoms with Crippen molar-refractivity contribution in [3.63, 3.8) is 0 Å². The Bertz CT molecular complexity index is 183. The Labute approximate surface area is 81.1 Å². The van der Waals surface area contributed by atoms with E-state index in [1.807, 2.05) is 0 Å². The summed E-state index contributed by atoms with van der Waals surface area (Å²) in [5, 5.41) is 0. The second-order valence-corrected chi connectivity index (χ2v) is 10.2. The zero-order chi connectivity index (χ0) is 9.90. The van der Waals surface area contributed by atoms with Gasteiger partial charge in [0.05, 0.1) is 14.3 Å². The molecule has 1 fully saturated rings. The molecule has 0 spiro atoms. The van der Waals surface area contributed by atoms with Crippen LogP contribution >= 0.6 is 0 Å². The molecule has 0 saturated carbocycles. The van der Waals surface area contributed by atoms with Gasteiger partial charge in [-0.05, 0) is 12.8 Å².